The van der Waals surface area contributed by atoms with Gasteiger partial charge in [0, 0.05) is 4.88 Å². The van der Waals surface area contributed by atoms with Crippen molar-refractivity contribution in [3.63, 3.8) is 0 Å². The van der Waals surface area contributed by atoms with Crippen LogP contribution in [0.1, 0.15) is 5.82 Å². The lowest BCUT2D eigenvalue weighted by Crippen LogP contribution is -1.88. The van der Waals surface area contributed by atoms with Crippen molar-refractivity contribution in [1.29, 1.82) is 0 Å². The molecule has 0 radical (unpaired) electrons. The zero-order valence-electron chi connectivity index (χ0n) is 8.71. The Balaban J connectivity index is 2.19. The molecule has 0 aliphatic rings. The van der Waals surface area contributed by atoms with Crippen LogP contribution in [0.15, 0.2) is 36.4 Å². The average molecular weight is 227 g/mol. The molecule has 0 saturated carbocycles. The summed E-state index contributed by atoms with van der Waals surface area (Å²) in [5.41, 5.74) is 2.07. The number of rotatable bonds is 1. The number of thiophene rings is 1. The fourth-order valence-corrected chi connectivity index (χ4v) is 2.58. The largest absolute Gasteiger partial charge is 0.219 e. The van der Waals surface area contributed by atoms with Crippen LogP contribution in [0.2, 0.25) is 0 Å². The van der Waals surface area contributed by atoms with Crippen LogP contribution in [0.4, 0.5) is 0 Å². The first kappa shape index (κ1) is 9.42. The summed E-state index contributed by atoms with van der Waals surface area (Å²) < 4.78 is 0. The molecule has 2 heterocycles. The van der Waals surface area contributed by atoms with Gasteiger partial charge in [0.05, 0.1) is 0 Å². The molecule has 0 fully saturated rings. The van der Waals surface area contributed by atoms with Gasteiger partial charge >= 0.3 is 0 Å². The Morgan fingerprint density at radius 1 is 1.06 bits per heavy atom. The predicted octanol–water partition coefficient (Wildman–Crippen LogP) is 3.06. The van der Waals surface area contributed by atoms with Crippen molar-refractivity contribution < 1.29 is 0 Å². The number of benzene rings is 1. The topological polar surface area (TPSA) is 38.7 Å². The molecular weight excluding hydrogens is 218 g/mol. The van der Waals surface area contributed by atoms with Crippen molar-refractivity contribution in [3.05, 3.63) is 42.2 Å². The molecule has 78 valence electrons. The molecule has 0 aliphatic heterocycles. The lowest BCUT2D eigenvalue weighted by atomic mass is 10.2. The van der Waals surface area contributed by atoms with E-state index in [2.05, 4.69) is 27.3 Å². The minimum atomic E-state index is 0.717. The van der Waals surface area contributed by atoms with Crippen molar-refractivity contribution in [2.75, 3.05) is 0 Å². The average Bonchev–Trinajstić information content (AvgIpc) is 2.73. The highest BCUT2D eigenvalue weighted by Gasteiger charge is 2.06. The third-order valence-electron chi connectivity index (χ3n) is 2.32. The molecule has 1 aromatic carbocycles. The van der Waals surface area contributed by atoms with Crippen LogP contribution in [0.3, 0.4) is 0 Å². The quantitative estimate of drug-likeness (QED) is 0.641. The van der Waals surface area contributed by atoms with Crippen LogP contribution >= 0.6 is 11.3 Å². The Bertz CT molecular complexity index is 631. The Hall–Kier alpha value is -1.81. The highest BCUT2D eigenvalue weighted by atomic mass is 32.1. The van der Waals surface area contributed by atoms with E-state index in [1.54, 1.807) is 11.3 Å². The third-order valence-corrected chi connectivity index (χ3v) is 3.38. The van der Waals surface area contributed by atoms with E-state index in [9.17, 15) is 0 Å². The summed E-state index contributed by atoms with van der Waals surface area (Å²) in [7, 11) is 0. The number of hydrogen-bond donors (Lipinski definition) is 0. The van der Waals surface area contributed by atoms with E-state index >= 15 is 0 Å². The molecule has 0 unspecified atom stereocenters. The van der Waals surface area contributed by atoms with E-state index in [0.29, 0.717) is 5.82 Å². The first-order chi connectivity index (χ1) is 7.83. The maximum Gasteiger partial charge on any atom is 0.149 e. The van der Waals surface area contributed by atoms with Gasteiger partial charge in [0.25, 0.3) is 0 Å². The highest BCUT2D eigenvalue weighted by molar-refractivity contribution is 7.21. The monoisotopic (exact) mass is 227 g/mol. The summed E-state index contributed by atoms with van der Waals surface area (Å²) in [6.45, 7) is 1.86. The maximum atomic E-state index is 4.37. The lowest BCUT2D eigenvalue weighted by Gasteiger charge is -1.93. The smallest absolute Gasteiger partial charge is 0.149 e. The van der Waals surface area contributed by atoms with E-state index in [0.717, 1.165) is 10.3 Å². The fraction of sp³-hybridized carbons (Fsp3) is 0.0833. The molecule has 0 aliphatic carbocycles. The number of nitrogens with zero attached hydrogens (tertiary/aromatic N) is 3. The van der Waals surface area contributed by atoms with E-state index in [1.165, 1.54) is 10.4 Å². The normalized spacial score (nSPS) is 10.8. The van der Waals surface area contributed by atoms with E-state index in [4.69, 9.17) is 0 Å². The Kier molecular flexibility index (Phi) is 2.15. The molecule has 3 aromatic rings. The van der Waals surface area contributed by atoms with Crippen molar-refractivity contribution >= 4 is 21.7 Å². The van der Waals surface area contributed by atoms with Crippen LogP contribution in [-0.2, 0) is 0 Å². The van der Waals surface area contributed by atoms with Gasteiger partial charge in [0.1, 0.15) is 16.2 Å². The first-order valence-corrected chi connectivity index (χ1v) is 5.81. The van der Waals surface area contributed by atoms with Crippen molar-refractivity contribution in [2.24, 2.45) is 0 Å². The van der Waals surface area contributed by atoms with Gasteiger partial charge in [-0.3, -0.25) is 0 Å². The van der Waals surface area contributed by atoms with E-state index < -0.39 is 0 Å². The molecular formula is C12H9N3S. The van der Waals surface area contributed by atoms with Gasteiger partial charge in [-0.1, -0.05) is 30.3 Å². The van der Waals surface area contributed by atoms with Crippen LogP contribution in [0, 0.1) is 6.92 Å². The van der Waals surface area contributed by atoms with Gasteiger partial charge in [-0.15, -0.1) is 21.5 Å². The molecule has 0 atom stereocenters. The zero-order chi connectivity index (χ0) is 11.0. The van der Waals surface area contributed by atoms with Crippen LogP contribution in [0.5, 0.6) is 0 Å². The van der Waals surface area contributed by atoms with Gasteiger partial charge in [0.2, 0.25) is 0 Å². The summed E-state index contributed by atoms with van der Waals surface area (Å²) in [5, 5.41) is 8.08. The van der Waals surface area contributed by atoms with Crippen molar-refractivity contribution in [1.82, 2.24) is 15.2 Å². The summed E-state index contributed by atoms with van der Waals surface area (Å²) >= 11 is 1.65. The Morgan fingerprint density at radius 2 is 1.88 bits per heavy atom. The standard InChI is InChI=1S/C12H9N3S/c1-8-13-12-10(15-14-8)7-11(16-12)9-5-3-2-4-6-9/h2-7H,1H3. The number of aryl methyl sites for hydroxylation is 1. The molecule has 0 bridgehead atoms. The Labute approximate surface area is 96.8 Å². The number of fused-ring (bicyclic) bond motifs is 1. The molecule has 16 heavy (non-hydrogen) atoms. The lowest BCUT2D eigenvalue weighted by molar-refractivity contribution is 0.957. The molecule has 3 rings (SSSR count). The molecule has 0 spiro atoms. The molecule has 3 nitrogen and oxygen atoms in total. The van der Waals surface area contributed by atoms with Crippen LogP contribution in [-0.4, -0.2) is 15.2 Å². The second-order valence-electron chi connectivity index (χ2n) is 3.53. The third kappa shape index (κ3) is 1.57. The van der Waals surface area contributed by atoms with E-state index in [-0.39, 0.29) is 0 Å². The van der Waals surface area contributed by atoms with Gasteiger partial charge in [-0.25, -0.2) is 4.98 Å². The summed E-state index contributed by atoms with van der Waals surface area (Å²) in [4.78, 5) is 6.50. The summed E-state index contributed by atoms with van der Waals surface area (Å²) in [6.07, 6.45) is 0. The molecule has 4 heteroatoms. The van der Waals surface area contributed by atoms with Crippen LogP contribution < -0.4 is 0 Å². The summed E-state index contributed by atoms with van der Waals surface area (Å²) in [5.74, 6) is 0.717. The van der Waals surface area contributed by atoms with Gasteiger partial charge in [-0.05, 0) is 18.6 Å². The predicted molar refractivity (Wildman–Crippen MR) is 65.4 cm³/mol. The van der Waals surface area contributed by atoms with Crippen molar-refractivity contribution in [3.8, 4) is 10.4 Å². The Morgan fingerprint density at radius 3 is 2.69 bits per heavy atom. The van der Waals surface area contributed by atoms with Gasteiger partial charge < -0.3 is 0 Å². The van der Waals surface area contributed by atoms with Gasteiger partial charge in [-0.2, -0.15) is 0 Å². The zero-order valence-corrected chi connectivity index (χ0v) is 9.53. The SMILES string of the molecule is Cc1nnc2cc(-c3ccccc3)sc2n1. The van der Waals surface area contributed by atoms with E-state index in [1.807, 2.05) is 31.2 Å². The fourth-order valence-electron chi connectivity index (χ4n) is 1.56. The number of hydrogen-bond acceptors (Lipinski definition) is 4. The molecule has 2 aromatic heterocycles. The molecule has 0 N–H and O–H groups in total. The molecule has 0 amide bonds. The first-order valence-electron chi connectivity index (χ1n) is 4.99. The second-order valence-corrected chi connectivity index (χ2v) is 4.56. The number of aromatic nitrogens is 3. The molecule has 0 saturated heterocycles. The maximum absolute atomic E-state index is 4.37. The van der Waals surface area contributed by atoms with Gasteiger partial charge in [0.15, 0.2) is 0 Å². The minimum absolute atomic E-state index is 0.717. The minimum Gasteiger partial charge on any atom is -0.219 e. The highest BCUT2D eigenvalue weighted by Crippen LogP contribution is 2.30. The second kappa shape index (κ2) is 3.64. The van der Waals surface area contributed by atoms with Crippen LogP contribution in [0.25, 0.3) is 20.8 Å². The van der Waals surface area contributed by atoms with Crippen molar-refractivity contribution in [2.45, 2.75) is 6.92 Å². The summed E-state index contributed by atoms with van der Waals surface area (Å²) in [6, 6.07) is 12.3.